The van der Waals surface area contributed by atoms with Crippen LogP contribution in [0.15, 0.2) is 18.2 Å². The first kappa shape index (κ1) is 20.0. The number of hydrogen-bond acceptors (Lipinski definition) is 6. The van der Waals surface area contributed by atoms with E-state index in [1.165, 1.54) is 7.11 Å². The third-order valence-electron chi connectivity index (χ3n) is 3.30. The second-order valence-electron chi connectivity index (χ2n) is 4.87. The Morgan fingerprint density at radius 3 is 2.46 bits per heavy atom. The van der Waals surface area contributed by atoms with Crippen LogP contribution in [0.4, 0.5) is 4.79 Å². The quantitative estimate of drug-likeness (QED) is 0.656. The van der Waals surface area contributed by atoms with Gasteiger partial charge in [0.25, 0.3) is 0 Å². The van der Waals surface area contributed by atoms with Gasteiger partial charge < -0.3 is 24.8 Å². The van der Waals surface area contributed by atoms with Gasteiger partial charge in [-0.1, -0.05) is 6.07 Å². The molecule has 2 N–H and O–H groups in total. The molecule has 7 nitrogen and oxygen atoms in total. The van der Waals surface area contributed by atoms with Crippen molar-refractivity contribution in [2.45, 2.75) is 19.0 Å². The van der Waals surface area contributed by atoms with Crippen LogP contribution >= 0.6 is 11.8 Å². The van der Waals surface area contributed by atoms with Crippen molar-refractivity contribution in [3.05, 3.63) is 23.8 Å². The molecule has 1 aromatic carbocycles. The van der Waals surface area contributed by atoms with E-state index in [9.17, 15) is 9.59 Å². The second kappa shape index (κ2) is 10.6. The van der Waals surface area contributed by atoms with Gasteiger partial charge in [-0.05, 0) is 36.1 Å². The van der Waals surface area contributed by atoms with Crippen LogP contribution in [0.3, 0.4) is 0 Å². The van der Waals surface area contributed by atoms with Gasteiger partial charge in [0.05, 0.1) is 21.3 Å². The lowest BCUT2D eigenvalue weighted by atomic mass is 10.2. The molecule has 0 radical (unpaired) electrons. The lowest BCUT2D eigenvalue weighted by Crippen LogP contribution is -2.46. The first-order valence-corrected chi connectivity index (χ1v) is 8.77. The topological polar surface area (TPSA) is 85.9 Å². The van der Waals surface area contributed by atoms with Crippen LogP contribution in [0.25, 0.3) is 0 Å². The van der Waals surface area contributed by atoms with Gasteiger partial charge in [0.1, 0.15) is 6.04 Å². The van der Waals surface area contributed by atoms with Crippen LogP contribution in [-0.4, -0.2) is 51.4 Å². The Hall–Kier alpha value is -2.09. The molecule has 0 saturated carbocycles. The van der Waals surface area contributed by atoms with Gasteiger partial charge >= 0.3 is 12.0 Å². The van der Waals surface area contributed by atoms with E-state index >= 15 is 0 Å². The average molecular weight is 356 g/mol. The molecule has 2 amide bonds. The van der Waals surface area contributed by atoms with Crippen LogP contribution in [0, 0.1) is 0 Å². The molecule has 8 heteroatoms. The molecule has 24 heavy (non-hydrogen) atoms. The van der Waals surface area contributed by atoms with E-state index in [1.807, 2.05) is 12.3 Å². The van der Waals surface area contributed by atoms with Gasteiger partial charge in [-0.3, -0.25) is 0 Å². The monoisotopic (exact) mass is 356 g/mol. The van der Waals surface area contributed by atoms with Crippen molar-refractivity contribution in [3.8, 4) is 11.5 Å². The standard InChI is InChI=1S/C16H24N2O5S/c1-21-13-6-5-11(9-14(13)22-2)10-17-16(20)18-12(7-8-24-4)15(19)23-3/h5-6,9,12H,7-8,10H2,1-4H3,(H2,17,18,20)/t12-/m0/s1. The highest BCUT2D eigenvalue weighted by Gasteiger charge is 2.20. The maximum absolute atomic E-state index is 12.0. The number of benzene rings is 1. The Labute approximate surface area is 146 Å². The zero-order chi connectivity index (χ0) is 17.9. The second-order valence-corrected chi connectivity index (χ2v) is 5.86. The minimum atomic E-state index is -0.659. The van der Waals surface area contributed by atoms with Crippen molar-refractivity contribution < 1.29 is 23.8 Å². The molecule has 0 aliphatic rings. The number of esters is 1. The number of rotatable bonds is 9. The van der Waals surface area contributed by atoms with Crippen LogP contribution < -0.4 is 20.1 Å². The molecule has 134 valence electrons. The van der Waals surface area contributed by atoms with E-state index in [1.54, 1.807) is 38.1 Å². The first-order chi connectivity index (χ1) is 11.5. The number of methoxy groups -OCH3 is 3. The van der Waals surface area contributed by atoms with Crippen LogP contribution in [-0.2, 0) is 16.1 Å². The Balaban J connectivity index is 2.59. The Morgan fingerprint density at radius 1 is 1.17 bits per heavy atom. The Bertz CT molecular complexity index is 553. The summed E-state index contributed by atoms with van der Waals surface area (Å²) in [5.41, 5.74) is 0.849. The lowest BCUT2D eigenvalue weighted by Gasteiger charge is -2.16. The molecule has 1 atom stereocenters. The fourth-order valence-corrected chi connectivity index (χ4v) is 2.48. The van der Waals surface area contributed by atoms with Gasteiger partial charge in [-0.15, -0.1) is 0 Å². The molecule has 0 unspecified atom stereocenters. The summed E-state index contributed by atoms with van der Waals surface area (Å²) in [6.07, 6.45) is 2.45. The normalized spacial score (nSPS) is 11.3. The van der Waals surface area contributed by atoms with Gasteiger partial charge in [0, 0.05) is 6.54 Å². The van der Waals surface area contributed by atoms with E-state index in [0.717, 1.165) is 11.3 Å². The fourth-order valence-electron chi connectivity index (χ4n) is 2.01. The summed E-state index contributed by atoms with van der Waals surface area (Å²) in [5.74, 6) is 1.50. The Kier molecular flexibility index (Phi) is 8.85. The van der Waals surface area contributed by atoms with Crippen molar-refractivity contribution in [3.63, 3.8) is 0 Å². The minimum Gasteiger partial charge on any atom is -0.493 e. The summed E-state index contributed by atoms with van der Waals surface area (Å²) in [7, 11) is 4.41. The van der Waals surface area contributed by atoms with E-state index in [2.05, 4.69) is 10.6 Å². The van der Waals surface area contributed by atoms with E-state index in [4.69, 9.17) is 14.2 Å². The number of nitrogens with one attached hydrogen (secondary N) is 2. The molecule has 0 aromatic heterocycles. The fraction of sp³-hybridized carbons (Fsp3) is 0.500. The van der Waals surface area contributed by atoms with Crippen LogP contribution in [0.1, 0.15) is 12.0 Å². The molecule has 0 aliphatic heterocycles. The number of amides is 2. The van der Waals surface area contributed by atoms with Gasteiger partial charge in [0.2, 0.25) is 0 Å². The minimum absolute atomic E-state index is 0.294. The van der Waals surface area contributed by atoms with Crippen molar-refractivity contribution >= 4 is 23.8 Å². The largest absolute Gasteiger partial charge is 0.493 e. The maximum Gasteiger partial charge on any atom is 0.328 e. The van der Waals surface area contributed by atoms with Crippen molar-refractivity contribution in [1.29, 1.82) is 0 Å². The number of urea groups is 1. The summed E-state index contributed by atoms with van der Waals surface area (Å²) in [6, 6.07) is 4.29. The van der Waals surface area contributed by atoms with Crippen molar-refractivity contribution in [2.75, 3.05) is 33.3 Å². The van der Waals surface area contributed by atoms with Crippen LogP contribution in [0.2, 0.25) is 0 Å². The first-order valence-electron chi connectivity index (χ1n) is 7.37. The van der Waals surface area contributed by atoms with Gasteiger partial charge in [-0.25, -0.2) is 9.59 Å². The van der Waals surface area contributed by atoms with Crippen molar-refractivity contribution in [1.82, 2.24) is 10.6 Å². The van der Waals surface area contributed by atoms with Crippen molar-refractivity contribution in [2.24, 2.45) is 0 Å². The molecule has 0 heterocycles. The maximum atomic E-state index is 12.0. The number of thioether (sulfide) groups is 1. The predicted molar refractivity (Wildman–Crippen MR) is 93.7 cm³/mol. The zero-order valence-corrected chi connectivity index (χ0v) is 15.2. The zero-order valence-electron chi connectivity index (χ0n) is 14.4. The molecule has 1 rings (SSSR count). The average Bonchev–Trinajstić information content (AvgIpc) is 2.62. The third kappa shape index (κ3) is 6.19. The van der Waals surface area contributed by atoms with E-state index in [0.29, 0.717) is 24.5 Å². The number of carbonyl (C=O) groups is 2. The Morgan fingerprint density at radius 2 is 1.88 bits per heavy atom. The molecule has 1 aromatic rings. The summed E-state index contributed by atoms with van der Waals surface area (Å²) in [6.45, 7) is 0.294. The van der Waals surface area contributed by atoms with Gasteiger partial charge in [-0.2, -0.15) is 11.8 Å². The van der Waals surface area contributed by atoms with Gasteiger partial charge in [0.15, 0.2) is 11.5 Å². The summed E-state index contributed by atoms with van der Waals surface area (Å²) < 4.78 is 15.1. The third-order valence-corrected chi connectivity index (χ3v) is 3.95. The lowest BCUT2D eigenvalue weighted by molar-refractivity contribution is -0.142. The molecule has 0 aliphatic carbocycles. The smallest absolute Gasteiger partial charge is 0.328 e. The van der Waals surface area contributed by atoms with Crippen LogP contribution in [0.5, 0.6) is 11.5 Å². The summed E-state index contributed by atoms with van der Waals surface area (Å²) >= 11 is 1.60. The molecular formula is C16H24N2O5S. The molecular weight excluding hydrogens is 332 g/mol. The number of carbonyl (C=O) groups excluding carboxylic acids is 2. The van der Waals surface area contributed by atoms with E-state index in [-0.39, 0.29) is 0 Å². The highest BCUT2D eigenvalue weighted by Crippen LogP contribution is 2.27. The number of ether oxygens (including phenoxy) is 3. The SMILES string of the molecule is COC(=O)[C@H](CCSC)NC(=O)NCc1ccc(OC)c(OC)c1. The predicted octanol–water partition coefficient (Wildman–Crippen LogP) is 1.80. The molecule has 0 spiro atoms. The molecule has 0 bridgehead atoms. The molecule has 0 saturated heterocycles. The highest BCUT2D eigenvalue weighted by atomic mass is 32.2. The van der Waals surface area contributed by atoms with E-state index < -0.39 is 18.0 Å². The molecule has 0 fully saturated rings. The summed E-state index contributed by atoms with van der Waals surface area (Å²) in [4.78, 5) is 23.7. The highest BCUT2D eigenvalue weighted by molar-refractivity contribution is 7.98. The summed E-state index contributed by atoms with van der Waals surface area (Å²) in [5, 5.41) is 5.34. The number of hydrogen-bond donors (Lipinski definition) is 2.